The van der Waals surface area contributed by atoms with E-state index in [0.717, 1.165) is 75.3 Å². The Morgan fingerprint density at radius 3 is 1.12 bits per heavy atom. The van der Waals surface area contributed by atoms with E-state index in [1.807, 2.05) is 18.2 Å². The first-order valence-electron chi connectivity index (χ1n) is 29.7. The van der Waals surface area contributed by atoms with E-state index >= 15 is 0 Å². The van der Waals surface area contributed by atoms with E-state index < -0.39 is 5.97 Å². The maximum absolute atomic E-state index is 11.7. The highest BCUT2D eigenvalue weighted by Crippen LogP contribution is 2.60. The molecule has 0 bridgehead atoms. The molecule has 0 unspecified atom stereocenters. The van der Waals surface area contributed by atoms with Crippen molar-refractivity contribution < 1.29 is 9.90 Å². The molecule has 394 valence electrons. The molecule has 7 aromatic carbocycles. The van der Waals surface area contributed by atoms with Crippen molar-refractivity contribution in [3.8, 4) is 50.6 Å². The van der Waals surface area contributed by atoms with Crippen LogP contribution in [-0.2, 0) is 21.0 Å². The average Bonchev–Trinajstić information content (AvgIpc) is 4.14. The third-order valence-corrected chi connectivity index (χ3v) is 18.3. The topological polar surface area (TPSA) is 64.3 Å². The number of rotatable bonds is 24. The second kappa shape index (κ2) is 22.9. The van der Waals surface area contributed by atoms with Crippen LogP contribution in [0.5, 0.6) is 0 Å². The number of carboxylic acids is 1. The van der Waals surface area contributed by atoms with Gasteiger partial charge in [-0.2, -0.15) is 5.26 Å². The maximum atomic E-state index is 11.7. The Hall–Kier alpha value is -6.96. The number of carboxylic acid groups (broad SMARTS) is 1. The Morgan fingerprint density at radius 1 is 0.429 bits per heavy atom. The van der Waals surface area contributed by atoms with E-state index in [2.05, 4.69) is 180 Å². The molecule has 1 N–H and O–H groups in total. The second-order valence-electron chi connectivity index (χ2n) is 22.8. The fraction of sp³-hybridized carbons (Fsp3) is 0.370. The van der Waals surface area contributed by atoms with Crippen LogP contribution < -0.4 is 4.90 Å². The highest BCUT2D eigenvalue weighted by Gasteiger charge is 2.46. The fourth-order valence-electron chi connectivity index (χ4n) is 14.4. The monoisotopic (exact) mass is 1020 g/mol. The second-order valence-corrected chi connectivity index (χ2v) is 22.8. The first-order chi connectivity index (χ1) is 37.6. The summed E-state index contributed by atoms with van der Waals surface area (Å²) in [6.45, 7) is 14.1. The molecular weight excluding hydrogens is 937 g/mol. The molecule has 0 saturated heterocycles. The number of hydrogen-bond acceptors (Lipinski definition) is 3. The van der Waals surface area contributed by atoms with Crippen molar-refractivity contribution in [1.29, 1.82) is 5.26 Å². The number of fused-ring (bicyclic) bond motifs is 9. The number of hydrogen-bond donors (Lipinski definition) is 1. The first kappa shape index (κ1) is 53.4. The van der Waals surface area contributed by atoms with Crippen molar-refractivity contribution in [2.75, 3.05) is 4.90 Å². The van der Waals surface area contributed by atoms with Crippen LogP contribution in [0.3, 0.4) is 0 Å². The lowest BCUT2D eigenvalue weighted by Gasteiger charge is -2.36. The minimum Gasteiger partial charge on any atom is -0.477 e. The number of aliphatic carboxylic acids is 1. The molecule has 10 rings (SSSR count). The molecule has 0 amide bonds. The van der Waals surface area contributed by atoms with Crippen LogP contribution in [-0.4, -0.2) is 11.1 Å². The number of benzene rings is 7. The average molecular weight is 1020 g/mol. The summed E-state index contributed by atoms with van der Waals surface area (Å²) in [7, 11) is 0. The van der Waals surface area contributed by atoms with Gasteiger partial charge in [0, 0.05) is 33.3 Å². The van der Waals surface area contributed by atoms with E-state index in [-0.39, 0.29) is 21.8 Å². The van der Waals surface area contributed by atoms with Gasteiger partial charge in [0.25, 0.3) is 0 Å². The van der Waals surface area contributed by atoms with Crippen LogP contribution in [0.2, 0.25) is 0 Å². The molecule has 3 aliphatic carbocycles. The van der Waals surface area contributed by atoms with Crippen LogP contribution in [0.4, 0.5) is 17.1 Å². The van der Waals surface area contributed by atoms with Gasteiger partial charge in [0.1, 0.15) is 11.6 Å². The molecular formula is C73H80N2O2. The minimum atomic E-state index is -1.22. The highest BCUT2D eigenvalue weighted by atomic mass is 16.4. The molecule has 4 heteroatoms. The summed E-state index contributed by atoms with van der Waals surface area (Å²) in [6.07, 6.45) is 22.1. The van der Waals surface area contributed by atoms with Gasteiger partial charge in [-0.05, 0) is 171 Å². The van der Waals surface area contributed by atoms with E-state index in [0.29, 0.717) is 5.56 Å². The molecule has 3 aliphatic rings. The summed E-state index contributed by atoms with van der Waals surface area (Å²) in [5.74, 6) is -1.22. The lowest BCUT2D eigenvalue weighted by atomic mass is 9.70. The Morgan fingerprint density at radius 2 is 0.753 bits per heavy atom. The van der Waals surface area contributed by atoms with Gasteiger partial charge < -0.3 is 10.0 Å². The highest BCUT2D eigenvalue weighted by molar-refractivity contribution is 5.97. The minimum absolute atomic E-state index is 0.0452. The van der Waals surface area contributed by atoms with Crippen molar-refractivity contribution >= 4 is 29.1 Å². The van der Waals surface area contributed by atoms with Crippen LogP contribution >= 0.6 is 0 Å². The van der Waals surface area contributed by atoms with E-state index in [1.165, 1.54) is 141 Å². The predicted molar refractivity (Wildman–Crippen MR) is 324 cm³/mol. The molecule has 0 aliphatic heterocycles. The number of anilines is 3. The van der Waals surface area contributed by atoms with Crippen molar-refractivity contribution in [2.45, 2.75) is 173 Å². The van der Waals surface area contributed by atoms with Crippen molar-refractivity contribution in [3.63, 3.8) is 0 Å². The van der Waals surface area contributed by atoms with E-state index in [1.54, 1.807) is 0 Å². The van der Waals surface area contributed by atoms with Gasteiger partial charge in [-0.15, -0.1) is 0 Å². The summed E-state index contributed by atoms with van der Waals surface area (Å²) in [4.78, 5) is 14.3. The van der Waals surface area contributed by atoms with Gasteiger partial charge in [0.05, 0.1) is 0 Å². The summed E-state index contributed by atoms with van der Waals surface area (Å²) in [5, 5.41) is 19.0. The maximum Gasteiger partial charge on any atom is 0.346 e. The molecule has 0 radical (unpaired) electrons. The number of unbranched alkanes of at least 4 members (excludes halogenated alkanes) is 6. The zero-order valence-electron chi connectivity index (χ0n) is 46.9. The van der Waals surface area contributed by atoms with Crippen molar-refractivity contribution in [1.82, 2.24) is 0 Å². The zero-order chi connectivity index (χ0) is 53.7. The van der Waals surface area contributed by atoms with Gasteiger partial charge >= 0.3 is 5.97 Å². The summed E-state index contributed by atoms with van der Waals surface area (Å²) < 4.78 is 0. The SMILES string of the molecule is CCCCC1(CCCC)c2ccccc2-c2ccc(N(c3ccc4c(c3)C(CCCC)(CCCC)c3ccccc3-4)c3ccc4c(c3)C(CCCC)(CCCC)c3cc(-c5ccc(/C=C(\C#N)C(=O)O)cc5)ccc3-4)cc21. The van der Waals surface area contributed by atoms with Crippen molar-refractivity contribution in [2.24, 2.45) is 0 Å². The molecule has 0 atom stereocenters. The first-order valence-corrected chi connectivity index (χ1v) is 29.7. The Labute approximate surface area is 460 Å². The van der Waals surface area contributed by atoms with Gasteiger partial charge in [-0.25, -0.2) is 4.79 Å². The molecule has 0 aromatic heterocycles. The van der Waals surface area contributed by atoms with Crippen molar-refractivity contribution in [3.05, 3.63) is 190 Å². The van der Waals surface area contributed by atoms with E-state index in [9.17, 15) is 15.2 Å². The molecule has 7 aromatic rings. The van der Waals surface area contributed by atoms with E-state index in [4.69, 9.17) is 0 Å². The smallest absolute Gasteiger partial charge is 0.346 e. The van der Waals surface area contributed by atoms with Gasteiger partial charge in [-0.3, -0.25) is 0 Å². The summed E-state index contributed by atoms with van der Waals surface area (Å²) >= 11 is 0. The normalized spacial score (nSPS) is 14.7. The Balaban J connectivity index is 1.19. The lowest BCUT2D eigenvalue weighted by molar-refractivity contribution is -0.132. The van der Waals surface area contributed by atoms with Crippen LogP contribution in [0.1, 0.15) is 196 Å². The van der Waals surface area contributed by atoms with Gasteiger partial charge in [0.2, 0.25) is 0 Å². The Bertz CT molecular complexity index is 3200. The van der Waals surface area contributed by atoms with Gasteiger partial charge in [0.15, 0.2) is 0 Å². The van der Waals surface area contributed by atoms with Crippen LogP contribution in [0.15, 0.2) is 151 Å². The predicted octanol–water partition coefficient (Wildman–Crippen LogP) is 20.8. The third kappa shape index (κ3) is 9.47. The fourth-order valence-corrected chi connectivity index (χ4v) is 14.4. The lowest BCUT2D eigenvalue weighted by Crippen LogP contribution is -2.27. The molecule has 0 saturated carbocycles. The zero-order valence-corrected chi connectivity index (χ0v) is 46.9. The molecule has 77 heavy (non-hydrogen) atoms. The largest absolute Gasteiger partial charge is 0.477 e. The third-order valence-electron chi connectivity index (χ3n) is 18.3. The standard InChI is InChI=1S/C73H80N2O2/c1-7-13-39-71(40-14-8-2)64-25-21-19-23-58(64)61-36-32-55(47-67(61)71)75(56-33-37-62-59-24-20-22-26-65(59)72(41-15-9-3,42-16-10-4)68(62)48-56)57-34-38-63-60-35-31-53(52-29-27-51(28-30-52)45-54(50-74)70(76)77)46-66(60)73(43-17-11-5,44-18-12-6)69(63)49-57/h19-38,45-49H,7-18,39-44H2,1-6H3,(H,76,77)/b54-45+. The number of nitrogens with zero attached hydrogens (tertiary/aromatic N) is 2. The molecule has 0 heterocycles. The number of carbonyl (C=O) groups is 1. The summed E-state index contributed by atoms with van der Waals surface area (Å²) in [5.41, 5.74) is 23.2. The molecule has 0 spiro atoms. The molecule has 4 nitrogen and oxygen atoms in total. The van der Waals surface area contributed by atoms with Crippen LogP contribution in [0, 0.1) is 11.3 Å². The number of nitriles is 1. The van der Waals surface area contributed by atoms with Crippen LogP contribution in [0.25, 0.3) is 50.6 Å². The summed E-state index contributed by atoms with van der Waals surface area (Å²) in [6, 6.07) is 58.1. The quantitative estimate of drug-likeness (QED) is 0.0484. The van der Waals surface area contributed by atoms with Gasteiger partial charge in [-0.1, -0.05) is 222 Å². The Kier molecular flexibility index (Phi) is 15.9. The molecule has 0 fully saturated rings.